The molecular weight excluding hydrogens is 264 g/mol. The number of hydrogen-bond acceptors (Lipinski definition) is 4. The van der Waals surface area contributed by atoms with Crippen LogP contribution in [0.1, 0.15) is 38.5 Å². The highest BCUT2D eigenvalue weighted by Crippen LogP contribution is 2.26. The maximum Gasteiger partial charge on any atom is 0.236 e. The Balaban J connectivity index is 1.57. The highest BCUT2D eigenvalue weighted by molar-refractivity contribution is 5.81. The van der Waals surface area contributed by atoms with Gasteiger partial charge < -0.3 is 16.0 Å². The molecule has 1 aliphatic carbocycles. The number of hydrogen-bond donors (Lipinski definition) is 2. The largest absolute Gasteiger partial charge is 0.353 e. The molecule has 1 unspecified atom stereocenters. The van der Waals surface area contributed by atoms with Crippen LogP contribution in [0.5, 0.6) is 0 Å². The summed E-state index contributed by atoms with van der Waals surface area (Å²) in [6, 6.07) is -0.319. The third kappa shape index (κ3) is 5.93. The fourth-order valence-electron chi connectivity index (χ4n) is 3.43. The maximum absolute atomic E-state index is 12.0. The Morgan fingerprint density at radius 3 is 2.52 bits per heavy atom. The summed E-state index contributed by atoms with van der Waals surface area (Å²) in [6.45, 7) is 6.10. The van der Waals surface area contributed by atoms with Crippen LogP contribution in [0.4, 0.5) is 0 Å². The fourth-order valence-corrected chi connectivity index (χ4v) is 3.43. The number of amides is 1. The van der Waals surface area contributed by atoms with Crippen molar-refractivity contribution in [2.45, 2.75) is 44.6 Å². The summed E-state index contributed by atoms with van der Waals surface area (Å²) in [4.78, 5) is 16.8. The normalized spacial score (nSPS) is 23.9. The molecule has 1 aliphatic heterocycles. The van der Waals surface area contributed by atoms with Gasteiger partial charge in [-0.05, 0) is 19.4 Å². The van der Waals surface area contributed by atoms with E-state index < -0.39 is 0 Å². The second-order valence-corrected chi connectivity index (χ2v) is 6.78. The predicted octanol–water partition coefficient (Wildman–Crippen LogP) is 0.648. The molecule has 3 N–H and O–H groups in total. The van der Waals surface area contributed by atoms with Crippen molar-refractivity contribution >= 4 is 5.91 Å². The first-order valence-corrected chi connectivity index (χ1v) is 8.59. The molecular formula is C16H32N4O. The lowest BCUT2D eigenvalue weighted by Crippen LogP contribution is -2.48. The zero-order valence-corrected chi connectivity index (χ0v) is 13.5. The van der Waals surface area contributed by atoms with Gasteiger partial charge in [0.25, 0.3) is 0 Å². The van der Waals surface area contributed by atoms with Crippen molar-refractivity contribution < 1.29 is 4.79 Å². The Hall–Kier alpha value is -0.650. The first-order chi connectivity index (χ1) is 10.1. The first kappa shape index (κ1) is 16.7. The molecule has 1 heterocycles. The minimum absolute atomic E-state index is 0.0368. The van der Waals surface area contributed by atoms with Crippen molar-refractivity contribution in [3.63, 3.8) is 0 Å². The van der Waals surface area contributed by atoms with Crippen LogP contribution >= 0.6 is 0 Å². The number of nitrogens with two attached hydrogens (primary N) is 1. The molecule has 5 heteroatoms. The Morgan fingerprint density at radius 1 is 1.19 bits per heavy atom. The Morgan fingerprint density at radius 2 is 1.86 bits per heavy atom. The quantitative estimate of drug-likeness (QED) is 0.755. The molecule has 0 aromatic carbocycles. The zero-order valence-electron chi connectivity index (χ0n) is 13.5. The van der Waals surface area contributed by atoms with Crippen LogP contribution in [-0.2, 0) is 4.79 Å². The van der Waals surface area contributed by atoms with Crippen molar-refractivity contribution in [1.82, 2.24) is 15.1 Å². The summed E-state index contributed by atoms with van der Waals surface area (Å²) < 4.78 is 0. The van der Waals surface area contributed by atoms with Crippen molar-refractivity contribution in [3.05, 3.63) is 0 Å². The first-order valence-electron chi connectivity index (χ1n) is 8.59. The van der Waals surface area contributed by atoms with Crippen molar-refractivity contribution in [1.29, 1.82) is 0 Å². The highest BCUT2D eigenvalue weighted by Gasteiger charge is 2.21. The molecule has 1 amide bonds. The van der Waals surface area contributed by atoms with E-state index >= 15 is 0 Å². The summed E-state index contributed by atoms with van der Waals surface area (Å²) in [5.74, 6) is 0.701. The summed E-state index contributed by atoms with van der Waals surface area (Å²) in [7, 11) is 2.16. The van der Waals surface area contributed by atoms with E-state index in [1.807, 2.05) is 0 Å². The monoisotopic (exact) mass is 296 g/mol. The third-order valence-electron chi connectivity index (χ3n) is 4.97. The number of carbonyl (C=O) groups is 1. The smallest absolute Gasteiger partial charge is 0.236 e. The summed E-state index contributed by atoms with van der Waals surface area (Å²) in [6.07, 6.45) is 7.33. The third-order valence-corrected chi connectivity index (χ3v) is 4.97. The van der Waals surface area contributed by atoms with Crippen LogP contribution in [-0.4, -0.2) is 68.1 Å². The lowest BCUT2D eigenvalue weighted by atomic mass is 9.85. The molecule has 5 nitrogen and oxygen atoms in total. The molecule has 1 saturated carbocycles. The van der Waals surface area contributed by atoms with Crippen molar-refractivity contribution in [3.8, 4) is 0 Å². The molecule has 2 fully saturated rings. The minimum atomic E-state index is -0.319. The number of nitrogens with zero attached hydrogens (tertiary/aromatic N) is 2. The van der Waals surface area contributed by atoms with Gasteiger partial charge in [0, 0.05) is 39.3 Å². The predicted molar refractivity (Wildman–Crippen MR) is 86.1 cm³/mol. The maximum atomic E-state index is 12.0. The fraction of sp³-hybridized carbons (Fsp3) is 0.938. The summed E-state index contributed by atoms with van der Waals surface area (Å²) in [5, 5.41) is 3.01. The minimum Gasteiger partial charge on any atom is -0.353 e. The lowest BCUT2D eigenvalue weighted by Gasteiger charge is -2.32. The molecule has 122 valence electrons. The van der Waals surface area contributed by atoms with Gasteiger partial charge in [0.05, 0.1) is 6.04 Å². The van der Waals surface area contributed by atoms with Crippen LogP contribution < -0.4 is 11.1 Å². The standard InChI is InChI=1S/C16H32N4O/c1-19-9-11-20(12-10-19)8-7-18-16(21)15(17)13-14-5-3-2-4-6-14/h14-15H,2-13,17H2,1H3,(H,18,21). The molecule has 0 aromatic heterocycles. The molecule has 0 radical (unpaired) electrons. The van der Waals surface area contributed by atoms with Crippen LogP contribution in [0.15, 0.2) is 0 Å². The number of rotatable bonds is 6. The van der Waals surface area contributed by atoms with Crippen molar-refractivity contribution in [2.24, 2.45) is 11.7 Å². The van der Waals surface area contributed by atoms with Gasteiger partial charge in [-0.15, -0.1) is 0 Å². The summed E-state index contributed by atoms with van der Waals surface area (Å²) >= 11 is 0. The molecule has 0 bridgehead atoms. The number of nitrogens with one attached hydrogen (secondary N) is 1. The zero-order chi connectivity index (χ0) is 15.1. The Bertz CT molecular complexity index is 309. The van der Waals surface area contributed by atoms with E-state index in [0.29, 0.717) is 5.92 Å². The van der Waals surface area contributed by atoms with Gasteiger partial charge in [-0.3, -0.25) is 9.69 Å². The molecule has 0 spiro atoms. The average Bonchev–Trinajstić information content (AvgIpc) is 2.50. The number of piperazine rings is 1. The molecule has 21 heavy (non-hydrogen) atoms. The topological polar surface area (TPSA) is 61.6 Å². The van der Waals surface area contributed by atoms with Gasteiger partial charge in [-0.2, -0.15) is 0 Å². The second kappa shape index (κ2) is 8.71. The summed E-state index contributed by atoms with van der Waals surface area (Å²) in [5.41, 5.74) is 6.05. The van der Waals surface area contributed by atoms with E-state index in [0.717, 1.165) is 45.7 Å². The Labute approximate surface area is 129 Å². The highest BCUT2D eigenvalue weighted by atomic mass is 16.2. The van der Waals surface area contributed by atoms with E-state index in [2.05, 4.69) is 22.2 Å². The van der Waals surface area contributed by atoms with Gasteiger partial charge in [-0.1, -0.05) is 32.1 Å². The lowest BCUT2D eigenvalue weighted by molar-refractivity contribution is -0.122. The van der Waals surface area contributed by atoms with Gasteiger partial charge in [0.1, 0.15) is 0 Å². The van der Waals surface area contributed by atoms with E-state index in [9.17, 15) is 4.79 Å². The van der Waals surface area contributed by atoms with Gasteiger partial charge >= 0.3 is 0 Å². The molecule has 2 aliphatic rings. The van der Waals surface area contributed by atoms with E-state index in [-0.39, 0.29) is 11.9 Å². The van der Waals surface area contributed by atoms with E-state index in [1.54, 1.807) is 0 Å². The van der Waals surface area contributed by atoms with Crippen molar-refractivity contribution in [2.75, 3.05) is 46.3 Å². The van der Waals surface area contributed by atoms with Gasteiger partial charge in [0.2, 0.25) is 5.91 Å². The van der Waals surface area contributed by atoms with E-state index in [1.165, 1.54) is 32.1 Å². The molecule has 1 saturated heterocycles. The van der Waals surface area contributed by atoms with Gasteiger partial charge in [-0.25, -0.2) is 0 Å². The number of carbonyl (C=O) groups excluding carboxylic acids is 1. The van der Waals surface area contributed by atoms with E-state index in [4.69, 9.17) is 5.73 Å². The van der Waals surface area contributed by atoms with Gasteiger partial charge in [0.15, 0.2) is 0 Å². The number of likely N-dealkylation sites (N-methyl/N-ethyl adjacent to an activating group) is 1. The SMILES string of the molecule is CN1CCN(CCNC(=O)C(N)CC2CCCCC2)CC1. The molecule has 2 rings (SSSR count). The van der Waals surface area contributed by atoms with Crippen LogP contribution in [0, 0.1) is 5.92 Å². The van der Waals surface area contributed by atoms with Crippen LogP contribution in [0.25, 0.3) is 0 Å². The Kier molecular flexibility index (Phi) is 6.93. The molecule has 0 aromatic rings. The molecule has 1 atom stereocenters. The van der Waals surface area contributed by atoms with Crippen LogP contribution in [0.2, 0.25) is 0 Å². The second-order valence-electron chi connectivity index (χ2n) is 6.78. The van der Waals surface area contributed by atoms with Crippen LogP contribution in [0.3, 0.4) is 0 Å². The average molecular weight is 296 g/mol.